The molecule has 1 aromatic heterocycles. The second-order valence-electron chi connectivity index (χ2n) is 5.73. The Kier molecular flexibility index (Phi) is 4.63. The minimum atomic E-state index is -0.631. The predicted octanol–water partition coefficient (Wildman–Crippen LogP) is 2.61. The molecule has 3 aromatic rings. The molecule has 0 atom stereocenters. The fourth-order valence-electron chi connectivity index (χ4n) is 2.57. The van der Waals surface area contributed by atoms with Crippen LogP contribution in [-0.2, 0) is 16.1 Å². The molecule has 0 fully saturated rings. The lowest BCUT2D eigenvalue weighted by atomic mass is 10.1. The van der Waals surface area contributed by atoms with Gasteiger partial charge in [-0.15, -0.1) is 0 Å². The third-order valence-corrected chi connectivity index (χ3v) is 3.94. The van der Waals surface area contributed by atoms with Crippen molar-refractivity contribution in [2.75, 3.05) is 13.9 Å². The normalized spacial score (nSPS) is 11.9. The van der Waals surface area contributed by atoms with Crippen molar-refractivity contribution in [2.45, 2.75) is 6.61 Å². The van der Waals surface area contributed by atoms with Gasteiger partial charge in [-0.05, 0) is 36.4 Å². The van der Waals surface area contributed by atoms with Gasteiger partial charge in [0.2, 0.25) is 12.6 Å². The molecule has 0 bridgehead atoms. The van der Waals surface area contributed by atoms with Crippen LogP contribution in [0.25, 0.3) is 11.4 Å². The maximum atomic E-state index is 12.2. The first-order valence-corrected chi connectivity index (χ1v) is 8.22. The lowest BCUT2D eigenvalue weighted by Crippen LogP contribution is -2.08. The van der Waals surface area contributed by atoms with Crippen molar-refractivity contribution in [1.29, 1.82) is 0 Å². The Hall–Kier alpha value is -3.88. The summed E-state index contributed by atoms with van der Waals surface area (Å²) in [6.45, 7) is -0.0394. The highest BCUT2D eigenvalue weighted by Crippen LogP contribution is 2.35. The summed E-state index contributed by atoms with van der Waals surface area (Å²) in [5, 5.41) is 3.88. The van der Waals surface area contributed by atoms with Gasteiger partial charge in [0, 0.05) is 5.56 Å². The van der Waals surface area contributed by atoms with E-state index in [0.717, 1.165) is 0 Å². The number of methoxy groups -OCH3 is 1. The smallest absolute Gasteiger partial charge is 0.338 e. The zero-order valence-electron chi connectivity index (χ0n) is 14.7. The number of hydrogen-bond donors (Lipinski definition) is 0. The highest BCUT2D eigenvalue weighted by Gasteiger charge is 2.18. The second-order valence-corrected chi connectivity index (χ2v) is 5.73. The summed E-state index contributed by atoms with van der Waals surface area (Å²) in [7, 11) is 1.26. The largest absolute Gasteiger partial charge is 0.465 e. The molecule has 0 spiro atoms. The van der Waals surface area contributed by atoms with Crippen LogP contribution < -0.4 is 9.47 Å². The van der Waals surface area contributed by atoms with Crippen molar-refractivity contribution in [3.05, 3.63) is 59.5 Å². The first-order valence-electron chi connectivity index (χ1n) is 8.22. The average molecular weight is 382 g/mol. The summed E-state index contributed by atoms with van der Waals surface area (Å²) in [6, 6.07) is 11.3. The van der Waals surface area contributed by atoms with Gasteiger partial charge in [0.1, 0.15) is 0 Å². The molecule has 2 heterocycles. The van der Waals surface area contributed by atoms with Gasteiger partial charge in [0.25, 0.3) is 5.89 Å². The third kappa shape index (κ3) is 3.50. The van der Waals surface area contributed by atoms with E-state index in [4.69, 9.17) is 18.7 Å². The van der Waals surface area contributed by atoms with Gasteiger partial charge in [0.05, 0.1) is 18.2 Å². The van der Waals surface area contributed by atoms with Crippen LogP contribution in [0.1, 0.15) is 26.6 Å². The molecule has 1 aliphatic rings. The second kappa shape index (κ2) is 7.39. The molecule has 9 heteroatoms. The number of carbonyl (C=O) groups excluding carboxylic acids is 2. The fraction of sp³-hybridized carbons (Fsp3) is 0.158. The van der Waals surface area contributed by atoms with E-state index in [1.165, 1.54) is 25.3 Å². The Bertz CT molecular complexity index is 1040. The molecule has 2 aromatic carbocycles. The maximum absolute atomic E-state index is 12.2. The van der Waals surface area contributed by atoms with Crippen LogP contribution in [-0.4, -0.2) is 36.0 Å². The zero-order valence-corrected chi connectivity index (χ0v) is 14.7. The van der Waals surface area contributed by atoms with Crippen LogP contribution >= 0.6 is 0 Å². The molecule has 4 rings (SSSR count). The van der Waals surface area contributed by atoms with Crippen LogP contribution in [0, 0.1) is 0 Å². The Morgan fingerprint density at radius 1 is 1.04 bits per heavy atom. The standard InChI is InChI=1S/C19H14N2O7/c1-24-18(22)12-3-2-4-13(7-12)19(23)25-9-16-20-17(21-28-16)11-5-6-14-15(8-11)27-10-26-14/h2-8H,9-10H2,1H3. The van der Waals surface area contributed by atoms with Gasteiger partial charge < -0.3 is 23.5 Å². The molecule has 0 saturated heterocycles. The summed E-state index contributed by atoms with van der Waals surface area (Å²) >= 11 is 0. The number of benzene rings is 2. The van der Waals surface area contributed by atoms with Gasteiger partial charge in [-0.25, -0.2) is 9.59 Å². The van der Waals surface area contributed by atoms with E-state index in [9.17, 15) is 9.59 Å². The number of rotatable bonds is 5. The lowest BCUT2D eigenvalue weighted by Gasteiger charge is -2.04. The molecule has 1 aliphatic heterocycles. The molecule has 0 aliphatic carbocycles. The molecule has 0 saturated carbocycles. The number of nitrogens with zero attached hydrogens (tertiary/aromatic N) is 2. The summed E-state index contributed by atoms with van der Waals surface area (Å²) in [5.74, 6) is 0.534. The maximum Gasteiger partial charge on any atom is 0.338 e. The molecule has 28 heavy (non-hydrogen) atoms. The Labute approximate surface area is 158 Å². The van der Waals surface area contributed by atoms with Crippen LogP contribution in [0.4, 0.5) is 0 Å². The van der Waals surface area contributed by atoms with Gasteiger partial charge >= 0.3 is 11.9 Å². The van der Waals surface area contributed by atoms with E-state index in [0.29, 0.717) is 22.9 Å². The van der Waals surface area contributed by atoms with Gasteiger partial charge in [-0.1, -0.05) is 11.2 Å². The van der Waals surface area contributed by atoms with E-state index in [-0.39, 0.29) is 30.4 Å². The number of aromatic nitrogens is 2. The molecule has 0 N–H and O–H groups in total. The summed E-state index contributed by atoms with van der Waals surface area (Å²) in [5.41, 5.74) is 1.13. The Balaban J connectivity index is 1.42. The Morgan fingerprint density at radius 2 is 1.82 bits per heavy atom. The van der Waals surface area contributed by atoms with Crippen molar-refractivity contribution in [2.24, 2.45) is 0 Å². The zero-order chi connectivity index (χ0) is 19.5. The molecule has 0 amide bonds. The first-order chi connectivity index (χ1) is 13.6. The predicted molar refractivity (Wildman–Crippen MR) is 92.8 cm³/mol. The van der Waals surface area contributed by atoms with Crippen molar-refractivity contribution in [3.8, 4) is 22.9 Å². The lowest BCUT2D eigenvalue weighted by molar-refractivity contribution is 0.0429. The minimum Gasteiger partial charge on any atom is -0.465 e. The van der Waals surface area contributed by atoms with Crippen molar-refractivity contribution < 1.29 is 33.1 Å². The quantitative estimate of drug-likeness (QED) is 0.615. The highest BCUT2D eigenvalue weighted by atomic mass is 16.7. The average Bonchev–Trinajstić information content (AvgIpc) is 3.40. The Morgan fingerprint density at radius 3 is 2.64 bits per heavy atom. The number of esters is 2. The van der Waals surface area contributed by atoms with E-state index < -0.39 is 11.9 Å². The number of ether oxygens (including phenoxy) is 4. The van der Waals surface area contributed by atoms with Crippen molar-refractivity contribution >= 4 is 11.9 Å². The van der Waals surface area contributed by atoms with E-state index >= 15 is 0 Å². The van der Waals surface area contributed by atoms with E-state index in [1.54, 1.807) is 24.3 Å². The molecule has 0 unspecified atom stereocenters. The fourth-order valence-corrected chi connectivity index (χ4v) is 2.57. The minimum absolute atomic E-state index is 0.130. The monoisotopic (exact) mass is 382 g/mol. The van der Waals surface area contributed by atoms with Gasteiger partial charge in [0.15, 0.2) is 18.1 Å². The summed E-state index contributed by atoms with van der Waals surface area (Å²) < 4.78 is 25.5. The van der Waals surface area contributed by atoms with Gasteiger partial charge in [-0.2, -0.15) is 4.98 Å². The molecule has 9 nitrogen and oxygen atoms in total. The van der Waals surface area contributed by atoms with Gasteiger partial charge in [-0.3, -0.25) is 0 Å². The van der Waals surface area contributed by atoms with Crippen LogP contribution in [0.2, 0.25) is 0 Å². The van der Waals surface area contributed by atoms with Crippen LogP contribution in [0.5, 0.6) is 11.5 Å². The summed E-state index contributed by atoms with van der Waals surface area (Å²) in [6.07, 6.45) is 0. The molecular formula is C19H14N2O7. The highest BCUT2D eigenvalue weighted by molar-refractivity contribution is 5.95. The van der Waals surface area contributed by atoms with Crippen LogP contribution in [0.3, 0.4) is 0 Å². The molecule has 0 radical (unpaired) electrons. The van der Waals surface area contributed by atoms with E-state index in [2.05, 4.69) is 14.9 Å². The first kappa shape index (κ1) is 17.5. The van der Waals surface area contributed by atoms with E-state index in [1.807, 2.05) is 0 Å². The third-order valence-electron chi connectivity index (χ3n) is 3.94. The van der Waals surface area contributed by atoms with Crippen LogP contribution in [0.15, 0.2) is 47.0 Å². The molecule has 142 valence electrons. The number of hydrogen-bond acceptors (Lipinski definition) is 9. The topological polar surface area (TPSA) is 110 Å². The summed E-state index contributed by atoms with van der Waals surface area (Å²) in [4.78, 5) is 27.9. The number of carbonyl (C=O) groups is 2. The van der Waals surface area contributed by atoms with Crippen molar-refractivity contribution in [3.63, 3.8) is 0 Å². The molecular weight excluding hydrogens is 368 g/mol. The van der Waals surface area contributed by atoms with Crippen molar-refractivity contribution in [1.82, 2.24) is 10.1 Å². The number of fused-ring (bicyclic) bond motifs is 1. The SMILES string of the molecule is COC(=O)c1cccc(C(=O)OCc2nc(-c3ccc4c(c3)OCO4)no2)c1.